The average Bonchev–Trinajstić information content (AvgIpc) is 3.39. The number of aliphatic hydroxyl groups is 2. The number of nitrogen functional groups attached to an aromatic ring is 1. The maximum Gasteiger partial charge on any atom is 0.348 e. The molecule has 13 heteroatoms. The largest absolute Gasteiger partial charge is 0.465 e. The second-order valence-electron chi connectivity index (χ2n) is 6.75. The fourth-order valence-electron chi connectivity index (χ4n) is 3.48. The van der Waals surface area contributed by atoms with E-state index < -0.39 is 35.7 Å². The van der Waals surface area contributed by atoms with Gasteiger partial charge in [-0.05, 0) is 12.1 Å². The molecule has 0 spiro atoms. The Kier molecular flexibility index (Phi) is 5.19. The number of aliphatic hydroxyl groups excluding tert-OH is 2. The molecular weight excluding hydrogens is 418 g/mol. The summed E-state index contributed by atoms with van der Waals surface area (Å²) in [7, 11) is 1.27. The van der Waals surface area contributed by atoms with E-state index in [4.69, 9.17) is 10.5 Å². The molecule has 160 valence electrons. The molecule has 1 saturated heterocycles. The maximum absolute atomic E-state index is 13.2. The smallest absolute Gasteiger partial charge is 0.348 e. The number of hydrogen-bond donors (Lipinski definition) is 4. The number of aromatic nitrogens is 4. The summed E-state index contributed by atoms with van der Waals surface area (Å²) in [5.41, 5.74) is 4.28. The van der Waals surface area contributed by atoms with Gasteiger partial charge in [0.1, 0.15) is 11.0 Å². The number of imidazole rings is 1. The van der Waals surface area contributed by atoms with Gasteiger partial charge in [-0.15, -0.1) is 11.3 Å². The van der Waals surface area contributed by atoms with Gasteiger partial charge in [0.2, 0.25) is 5.95 Å². The predicted octanol–water partition coefficient (Wildman–Crippen LogP) is -0.994. The summed E-state index contributed by atoms with van der Waals surface area (Å²) in [5, 5.41) is 19.7. The maximum atomic E-state index is 13.2. The predicted molar refractivity (Wildman–Crippen MR) is 105 cm³/mol. The Morgan fingerprint density at radius 1 is 1.47 bits per heavy atom. The number of aromatic amines is 1. The summed E-state index contributed by atoms with van der Waals surface area (Å²) >= 11 is 1.12. The highest BCUT2D eigenvalue weighted by Gasteiger charge is 2.38. The molecule has 1 aliphatic rings. The van der Waals surface area contributed by atoms with E-state index in [1.165, 1.54) is 11.7 Å². The van der Waals surface area contributed by atoms with Crippen LogP contribution in [0.3, 0.4) is 0 Å². The number of rotatable bonds is 5. The van der Waals surface area contributed by atoms with E-state index in [9.17, 15) is 24.6 Å². The second kappa shape index (κ2) is 7.68. The van der Waals surface area contributed by atoms with E-state index in [-0.39, 0.29) is 36.7 Å². The van der Waals surface area contributed by atoms with Crippen LogP contribution in [-0.4, -0.2) is 61.2 Å². The molecule has 0 saturated carbocycles. The van der Waals surface area contributed by atoms with Crippen molar-refractivity contribution in [2.45, 2.75) is 31.4 Å². The van der Waals surface area contributed by atoms with Gasteiger partial charge in [-0.2, -0.15) is 4.98 Å². The zero-order valence-electron chi connectivity index (χ0n) is 15.8. The number of H-pyrrole nitrogens is 1. The number of nitrogens with two attached hydrogens (primary N) is 1. The van der Waals surface area contributed by atoms with Gasteiger partial charge in [0.05, 0.1) is 26.4 Å². The van der Waals surface area contributed by atoms with E-state index in [1.807, 2.05) is 0 Å². The standard InChI is InChI=1S/C17H19N5O7S/c1-28-15(26)10-3-2-8(30-10)5-21-11-12(19-16(18)20-13(11)25)22(17(21)27)14-9(24)4-7(6-23)29-14/h2-3,7,9,14,23-24H,4-6H2,1H3,(H3,18,19,20,25)/t7-,9+,14+/m0/s1. The quantitative estimate of drug-likeness (QED) is 0.365. The Morgan fingerprint density at radius 3 is 2.90 bits per heavy atom. The monoisotopic (exact) mass is 437 g/mol. The van der Waals surface area contributed by atoms with Crippen LogP contribution in [0.15, 0.2) is 21.7 Å². The Hall–Kier alpha value is -3.00. The normalized spacial score (nSPS) is 21.4. The zero-order chi connectivity index (χ0) is 21.6. The molecule has 0 aliphatic carbocycles. The van der Waals surface area contributed by atoms with Gasteiger partial charge in [0.15, 0.2) is 17.4 Å². The topological polar surface area (TPSA) is 175 Å². The Balaban J connectivity index is 1.85. The van der Waals surface area contributed by atoms with Crippen LogP contribution in [-0.2, 0) is 16.0 Å². The Labute approximate surface area is 172 Å². The van der Waals surface area contributed by atoms with Crippen molar-refractivity contribution < 1.29 is 24.5 Å². The van der Waals surface area contributed by atoms with Crippen LogP contribution >= 0.6 is 11.3 Å². The third kappa shape index (κ3) is 3.31. The minimum absolute atomic E-state index is 0.0229. The molecule has 3 aromatic rings. The highest BCUT2D eigenvalue weighted by Crippen LogP contribution is 2.30. The van der Waals surface area contributed by atoms with Crippen LogP contribution in [0, 0.1) is 0 Å². The number of carbonyl (C=O) groups excluding carboxylic acids is 1. The summed E-state index contributed by atoms with van der Waals surface area (Å²) in [6.07, 6.45) is -2.77. The first-order valence-corrected chi connectivity index (χ1v) is 9.77. The van der Waals surface area contributed by atoms with Crippen LogP contribution in [0.25, 0.3) is 11.2 Å². The number of thiophene rings is 1. The number of esters is 1. The SMILES string of the molecule is COC(=O)c1ccc(Cn2c(=O)n([C@@H]3O[C@H](CO)C[C@H]3O)c3nc(N)[nH]c(=O)c32)s1. The molecule has 0 radical (unpaired) electrons. The first-order chi connectivity index (χ1) is 14.3. The number of fused-ring (bicyclic) bond motifs is 1. The molecule has 1 fully saturated rings. The number of nitrogens with one attached hydrogen (secondary N) is 1. The Morgan fingerprint density at radius 2 is 2.23 bits per heavy atom. The summed E-state index contributed by atoms with van der Waals surface area (Å²) in [6, 6.07) is 3.21. The van der Waals surface area contributed by atoms with Crippen LogP contribution in [0.1, 0.15) is 27.2 Å². The van der Waals surface area contributed by atoms with Gasteiger partial charge >= 0.3 is 11.7 Å². The van der Waals surface area contributed by atoms with E-state index in [0.717, 1.165) is 15.9 Å². The molecule has 12 nitrogen and oxygen atoms in total. The molecule has 0 amide bonds. The average molecular weight is 437 g/mol. The van der Waals surface area contributed by atoms with E-state index in [0.29, 0.717) is 9.75 Å². The van der Waals surface area contributed by atoms with Crippen molar-refractivity contribution in [1.82, 2.24) is 19.1 Å². The molecule has 1 aliphatic heterocycles. The van der Waals surface area contributed by atoms with Crippen LogP contribution < -0.4 is 17.0 Å². The number of methoxy groups -OCH3 is 1. The van der Waals surface area contributed by atoms with E-state index in [1.54, 1.807) is 12.1 Å². The molecule has 0 aromatic carbocycles. The molecule has 0 bridgehead atoms. The molecule has 3 aromatic heterocycles. The summed E-state index contributed by atoms with van der Waals surface area (Å²) in [6.45, 7) is -0.354. The van der Waals surface area contributed by atoms with Gasteiger partial charge in [0.25, 0.3) is 5.56 Å². The van der Waals surface area contributed by atoms with Crippen molar-refractivity contribution in [3.05, 3.63) is 42.7 Å². The molecule has 4 heterocycles. The lowest BCUT2D eigenvalue weighted by molar-refractivity contribution is -0.0505. The summed E-state index contributed by atoms with van der Waals surface area (Å²) in [4.78, 5) is 44.9. The highest BCUT2D eigenvalue weighted by atomic mass is 32.1. The fraction of sp³-hybridized carbons (Fsp3) is 0.412. The van der Waals surface area contributed by atoms with E-state index in [2.05, 4.69) is 14.7 Å². The van der Waals surface area contributed by atoms with Gasteiger partial charge < -0.3 is 25.4 Å². The molecule has 5 N–H and O–H groups in total. The second-order valence-corrected chi connectivity index (χ2v) is 7.92. The lowest BCUT2D eigenvalue weighted by Crippen LogP contribution is -2.32. The number of nitrogens with zero attached hydrogens (tertiary/aromatic N) is 3. The van der Waals surface area contributed by atoms with Crippen molar-refractivity contribution in [3.8, 4) is 0 Å². The highest BCUT2D eigenvalue weighted by molar-refractivity contribution is 7.13. The fourth-order valence-corrected chi connectivity index (χ4v) is 4.40. The molecule has 30 heavy (non-hydrogen) atoms. The van der Waals surface area contributed by atoms with Gasteiger partial charge in [0, 0.05) is 11.3 Å². The van der Waals surface area contributed by atoms with Crippen LogP contribution in [0.2, 0.25) is 0 Å². The number of ether oxygens (including phenoxy) is 2. The summed E-state index contributed by atoms with van der Waals surface area (Å²) < 4.78 is 12.5. The van der Waals surface area contributed by atoms with Crippen LogP contribution in [0.5, 0.6) is 0 Å². The number of hydrogen-bond acceptors (Lipinski definition) is 10. The van der Waals surface area contributed by atoms with Gasteiger partial charge in [-0.3, -0.25) is 14.3 Å². The van der Waals surface area contributed by atoms with Crippen molar-refractivity contribution in [3.63, 3.8) is 0 Å². The third-order valence-corrected chi connectivity index (χ3v) is 5.87. The van der Waals surface area contributed by atoms with Crippen molar-refractivity contribution >= 4 is 34.4 Å². The minimum Gasteiger partial charge on any atom is -0.465 e. The van der Waals surface area contributed by atoms with Gasteiger partial charge in [-0.25, -0.2) is 14.2 Å². The minimum atomic E-state index is -1.14. The van der Waals surface area contributed by atoms with Crippen molar-refractivity contribution in [1.29, 1.82) is 0 Å². The van der Waals surface area contributed by atoms with Crippen molar-refractivity contribution in [2.75, 3.05) is 19.5 Å². The van der Waals surface area contributed by atoms with Gasteiger partial charge in [-0.1, -0.05) is 0 Å². The molecular formula is C17H19N5O7S. The van der Waals surface area contributed by atoms with Crippen LogP contribution in [0.4, 0.5) is 5.95 Å². The van der Waals surface area contributed by atoms with Crippen molar-refractivity contribution in [2.24, 2.45) is 0 Å². The summed E-state index contributed by atoms with van der Waals surface area (Å²) in [5.74, 6) is -0.709. The first-order valence-electron chi connectivity index (χ1n) is 8.96. The molecule has 4 rings (SSSR count). The zero-order valence-corrected chi connectivity index (χ0v) is 16.6. The first kappa shape index (κ1) is 20.3. The molecule has 0 unspecified atom stereocenters. The number of anilines is 1. The Bertz CT molecular complexity index is 1230. The lowest BCUT2D eigenvalue weighted by atomic mass is 10.2. The third-order valence-electron chi connectivity index (χ3n) is 4.82. The number of carbonyl (C=O) groups is 1. The lowest BCUT2D eigenvalue weighted by Gasteiger charge is -2.15. The molecule has 3 atom stereocenters. The van der Waals surface area contributed by atoms with E-state index >= 15 is 0 Å².